The van der Waals surface area contributed by atoms with Crippen LogP contribution in [0.2, 0.25) is 0 Å². The summed E-state index contributed by atoms with van der Waals surface area (Å²) in [5.74, 6) is -0.0170. The smallest absolute Gasteiger partial charge is 0.238 e. The van der Waals surface area contributed by atoms with Crippen LogP contribution in [0.15, 0.2) is 24.3 Å². The first-order valence-electron chi connectivity index (χ1n) is 5.79. The molecule has 0 radical (unpaired) electrons. The number of halogens is 1. The summed E-state index contributed by atoms with van der Waals surface area (Å²) in [6, 6.07) is 7.96. The largest absolute Gasteiger partial charge is 0.329 e. The second kappa shape index (κ2) is 8.08. The third-order valence-corrected chi connectivity index (χ3v) is 2.82. The van der Waals surface area contributed by atoms with Gasteiger partial charge in [0.15, 0.2) is 0 Å². The number of rotatable bonds is 5. The third kappa shape index (κ3) is 5.49. The van der Waals surface area contributed by atoms with Gasteiger partial charge in [-0.3, -0.25) is 9.69 Å². The number of nitrogens with zero attached hydrogens (tertiary/aromatic N) is 1. The van der Waals surface area contributed by atoms with E-state index in [-0.39, 0.29) is 24.4 Å². The van der Waals surface area contributed by atoms with Gasteiger partial charge in [-0.1, -0.05) is 17.7 Å². The number of hydrogen-bond acceptors (Lipinski definition) is 3. The summed E-state index contributed by atoms with van der Waals surface area (Å²) in [5, 5.41) is 2.86. The maximum absolute atomic E-state index is 11.7. The first kappa shape index (κ1) is 16.9. The topological polar surface area (TPSA) is 58.4 Å². The first-order valence-corrected chi connectivity index (χ1v) is 5.79. The average molecular weight is 272 g/mol. The van der Waals surface area contributed by atoms with E-state index in [1.54, 1.807) is 0 Å². The Morgan fingerprint density at radius 3 is 2.44 bits per heavy atom. The van der Waals surface area contributed by atoms with Gasteiger partial charge in [0.25, 0.3) is 0 Å². The van der Waals surface area contributed by atoms with Gasteiger partial charge in [0.05, 0.1) is 6.54 Å². The lowest BCUT2D eigenvalue weighted by Crippen LogP contribution is -2.40. The molecule has 1 atom stereocenters. The lowest BCUT2D eigenvalue weighted by molar-refractivity contribution is -0.117. The van der Waals surface area contributed by atoms with Crippen molar-refractivity contribution < 1.29 is 4.79 Å². The number of aryl methyl sites for hydroxylation is 1. The number of benzene rings is 1. The number of amides is 1. The molecule has 4 nitrogen and oxygen atoms in total. The number of carbonyl (C=O) groups is 1. The van der Waals surface area contributed by atoms with Crippen molar-refractivity contribution in [2.24, 2.45) is 5.73 Å². The fourth-order valence-electron chi connectivity index (χ4n) is 1.40. The van der Waals surface area contributed by atoms with Gasteiger partial charge in [-0.15, -0.1) is 12.4 Å². The number of carbonyl (C=O) groups excluding carboxylic acids is 1. The summed E-state index contributed by atoms with van der Waals surface area (Å²) in [4.78, 5) is 13.7. The van der Waals surface area contributed by atoms with Crippen molar-refractivity contribution in [3.05, 3.63) is 29.8 Å². The Balaban J connectivity index is 0.00000289. The Morgan fingerprint density at radius 1 is 1.39 bits per heavy atom. The predicted octanol–water partition coefficient (Wildman–Crippen LogP) is 1.63. The Morgan fingerprint density at radius 2 is 1.94 bits per heavy atom. The van der Waals surface area contributed by atoms with Crippen LogP contribution in [0.4, 0.5) is 5.69 Å². The van der Waals surface area contributed by atoms with Gasteiger partial charge in [0.2, 0.25) is 5.91 Å². The number of likely N-dealkylation sites (N-methyl/N-ethyl adjacent to an activating group) is 1. The normalized spacial score (nSPS) is 11.8. The summed E-state index contributed by atoms with van der Waals surface area (Å²) in [5.41, 5.74) is 7.55. The summed E-state index contributed by atoms with van der Waals surface area (Å²) in [6.07, 6.45) is 0. The predicted molar refractivity (Wildman–Crippen MR) is 78.2 cm³/mol. The van der Waals surface area contributed by atoms with Crippen LogP contribution in [-0.2, 0) is 4.79 Å². The number of hydrogen-bond donors (Lipinski definition) is 2. The maximum Gasteiger partial charge on any atom is 0.238 e. The Hall–Kier alpha value is -1.10. The zero-order valence-corrected chi connectivity index (χ0v) is 12.0. The molecule has 0 spiro atoms. The minimum atomic E-state index is -0.0170. The maximum atomic E-state index is 11.7. The van der Waals surface area contributed by atoms with Crippen molar-refractivity contribution in [3.63, 3.8) is 0 Å². The molecule has 1 aromatic rings. The van der Waals surface area contributed by atoms with Crippen LogP contribution in [-0.4, -0.2) is 37.0 Å². The molecule has 0 fully saturated rings. The first-order chi connectivity index (χ1) is 8.02. The third-order valence-electron chi connectivity index (χ3n) is 2.82. The minimum absolute atomic E-state index is 0. The summed E-state index contributed by atoms with van der Waals surface area (Å²) in [6.45, 7) is 4.92. The summed E-state index contributed by atoms with van der Waals surface area (Å²) < 4.78 is 0. The molecule has 0 bridgehead atoms. The lowest BCUT2D eigenvalue weighted by Gasteiger charge is -2.22. The average Bonchev–Trinajstić information content (AvgIpc) is 2.30. The highest BCUT2D eigenvalue weighted by atomic mass is 35.5. The Bertz CT molecular complexity index is 367. The van der Waals surface area contributed by atoms with Crippen LogP contribution in [0.3, 0.4) is 0 Å². The summed E-state index contributed by atoms with van der Waals surface area (Å²) >= 11 is 0. The van der Waals surface area contributed by atoms with Gasteiger partial charge >= 0.3 is 0 Å². The van der Waals surface area contributed by atoms with Crippen LogP contribution in [0.1, 0.15) is 12.5 Å². The Labute approximate surface area is 115 Å². The molecule has 0 aliphatic rings. The molecule has 1 aromatic carbocycles. The van der Waals surface area contributed by atoms with Gasteiger partial charge in [-0.25, -0.2) is 0 Å². The minimum Gasteiger partial charge on any atom is -0.329 e. The van der Waals surface area contributed by atoms with E-state index in [1.165, 1.54) is 5.56 Å². The molecule has 0 saturated heterocycles. The molecule has 0 aliphatic carbocycles. The number of nitrogens with two attached hydrogens (primary N) is 1. The van der Waals surface area contributed by atoms with Gasteiger partial charge in [0, 0.05) is 18.3 Å². The van der Waals surface area contributed by atoms with Gasteiger partial charge in [-0.2, -0.15) is 0 Å². The van der Waals surface area contributed by atoms with E-state index in [0.29, 0.717) is 13.1 Å². The van der Waals surface area contributed by atoms with Crippen molar-refractivity contribution >= 4 is 24.0 Å². The molecular formula is C13H22ClN3O. The van der Waals surface area contributed by atoms with E-state index >= 15 is 0 Å². The van der Waals surface area contributed by atoms with Crippen LogP contribution >= 0.6 is 12.4 Å². The molecule has 0 aromatic heterocycles. The highest BCUT2D eigenvalue weighted by Crippen LogP contribution is 2.08. The highest BCUT2D eigenvalue weighted by molar-refractivity contribution is 5.92. The SMILES string of the molecule is Cc1ccc(NC(=O)CN(C)C(C)CN)cc1.Cl. The van der Waals surface area contributed by atoms with E-state index in [2.05, 4.69) is 5.32 Å². The van der Waals surface area contributed by atoms with E-state index in [1.807, 2.05) is 50.1 Å². The second-order valence-electron chi connectivity index (χ2n) is 4.41. The van der Waals surface area contributed by atoms with E-state index in [0.717, 1.165) is 5.69 Å². The van der Waals surface area contributed by atoms with Gasteiger partial charge < -0.3 is 11.1 Å². The van der Waals surface area contributed by atoms with E-state index in [4.69, 9.17) is 5.73 Å². The van der Waals surface area contributed by atoms with Crippen molar-refractivity contribution in [2.45, 2.75) is 19.9 Å². The molecule has 1 rings (SSSR count). The van der Waals surface area contributed by atoms with Crippen LogP contribution in [0.5, 0.6) is 0 Å². The van der Waals surface area contributed by atoms with Crippen molar-refractivity contribution in [1.82, 2.24) is 4.90 Å². The lowest BCUT2D eigenvalue weighted by atomic mass is 10.2. The standard InChI is InChI=1S/C13H21N3O.ClH/c1-10-4-6-12(7-5-10)15-13(17)9-16(3)11(2)8-14;/h4-7,11H,8-9,14H2,1-3H3,(H,15,17);1H. The van der Waals surface area contributed by atoms with Crippen molar-refractivity contribution in [2.75, 3.05) is 25.5 Å². The van der Waals surface area contributed by atoms with Crippen molar-refractivity contribution in [3.8, 4) is 0 Å². The van der Waals surface area contributed by atoms with Gasteiger partial charge in [0.1, 0.15) is 0 Å². The van der Waals surface area contributed by atoms with Gasteiger partial charge in [-0.05, 0) is 33.0 Å². The molecule has 0 saturated carbocycles. The molecular weight excluding hydrogens is 250 g/mol. The van der Waals surface area contributed by atoms with E-state index < -0.39 is 0 Å². The zero-order valence-electron chi connectivity index (χ0n) is 11.1. The molecule has 0 heterocycles. The molecule has 102 valence electrons. The van der Waals surface area contributed by atoms with Crippen LogP contribution in [0.25, 0.3) is 0 Å². The second-order valence-corrected chi connectivity index (χ2v) is 4.41. The quantitative estimate of drug-likeness (QED) is 0.856. The fourth-order valence-corrected chi connectivity index (χ4v) is 1.40. The van der Waals surface area contributed by atoms with Crippen molar-refractivity contribution in [1.29, 1.82) is 0 Å². The molecule has 1 amide bonds. The monoisotopic (exact) mass is 271 g/mol. The highest BCUT2D eigenvalue weighted by Gasteiger charge is 2.11. The summed E-state index contributed by atoms with van der Waals surface area (Å²) in [7, 11) is 1.90. The number of nitrogens with one attached hydrogen (secondary N) is 1. The Kier molecular flexibility index (Phi) is 7.59. The van der Waals surface area contributed by atoms with Crippen LogP contribution in [0, 0.1) is 6.92 Å². The molecule has 5 heteroatoms. The van der Waals surface area contributed by atoms with Crippen LogP contribution < -0.4 is 11.1 Å². The van der Waals surface area contributed by atoms with E-state index in [9.17, 15) is 4.79 Å². The molecule has 3 N–H and O–H groups in total. The molecule has 1 unspecified atom stereocenters. The molecule has 0 aliphatic heterocycles. The zero-order chi connectivity index (χ0) is 12.8. The number of anilines is 1. The molecule has 18 heavy (non-hydrogen) atoms. The fraction of sp³-hybridized carbons (Fsp3) is 0.462.